The first-order valence-electron chi connectivity index (χ1n) is 13.1. The van der Waals surface area contributed by atoms with Crippen LogP contribution in [0.1, 0.15) is 68.6 Å². The van der Waals surface area contributed by atoms with E-state index in [4.69, 9.17) is 16.3 Å². The van der Waals surface area contributed by atoms with Crippen molar-refractivity contribution < 1.29 is 14.3 Å². The van der Waals surface area contributed by atoms with Gasteiger partial charge in [0.25, 0.3) is 5.91 Å². The number of methoxy groups -OCH3 is 1. The van der Waals surface area contributed by atoms with E-state index >= 15 is 0 Å². The smallest absolute Gasteiger partial charge is 0.306 e. The van der Waals surface area contributed by atoms with Crippen LogP contribution in [-0.4, -0.2) is 37.5 Å². The van der Waals surface area contributed by atoms with Crippen LogP contribution in [0.15, 0.2) is 48.5 Å². The van der Waals surface area contributed by atoms with Crippen molar-refractivity contribution in [1.29, 1.82) is 0 Å². The Morgan fingerprint density at radius 1 is 1.08 bits per heavy atom. The van der Waals surface area contributed by atoms with E-state index in [1.807, 2.05) is 42.2 Å². The fourth-order valence-electron chi connectivity index (χ4n) is 5.41. The van der Waals surface area contributed by atoms with Crippen LogP contribution in [0.25, 0.3) is 0 Å². The molecule has 0 bridgehead atoms. The van der Waals surface area contributed by atoms with Gasteiger partial charge in [0.1, 0.15) is 0 Å². The van der Waals surface area contributed by atoms with Crippen LogP contribution in [0, 0.1) is 13.8 Å². The largest absolute Gasteiger partial charge is 0.469 e. The summed E-state index contributed by atoms with van der Waals surface area (Å²) in [4.78, 5) is 27.8. The number of ether oxygens (including phenoxy) is 1. The summed E-state index contributed by atoms with van der Waals surface area (Å²) in [5, 5.41) is 1.49. The minimum absolute atomic E-state index is 0.0481. The van der Waals surface area contributed by atoms with E-state index in [2.05, 4.69) is 32.0 Å². The number of aryl methyl sites for hydroxylation is 2. The summed E-state index contributed by atoms with van der Waals surface area (Å²) in [6.07, 6.45) is 1.87. The van der Waals surface area contributed by atoms with Crippen LogP contribution in [0.2, 0.25) is 0 Å². The zero-order chi connectivity index (χ0) is 27.6. The maximum Gasteiger partial charge on any atom is 0.306 e. The number of hydrogen-bond acceptors (Lipinski definition) is 6. The van der Waals surface area contributed by atoms with E-state index in [1.165, 1.54) is 28.8 Å². The number of nitrogen functional groups attached to an aromatic ring is 1. The second kappa shape index (κ2) is 11.3. The van der Waals surface area contributed by atoms with Crippen LogP contribution < -0.4 is 16.6 Å². The van der Waals surface area contributed by atoms with Crippen molar-refractivity contribution in [3.63, 3.8) is 0 Å². The number of benzene rings is 3. The first-order valence-corrected chi connectivity index (χ1v) is 13.1. The lowest BCUT2D eigenvalue weighted by Gasteiger charge is -2.30. The van der Waals surface area contributed by atoms with Gasteiger partial charge < -0.3 is 20.4 Å². The topological polar surface area (TPSA) is 102 Å². The van der Waals surface area contributed by atoms with E-state index < -0.39 is 0 Å². The highest BCUT2D eigenvalue weighted by molar-refractivity contribution is 5.94. The first-order chi connectivity index (χ1) is 18.1. The van der Waals surface area contributed by atoms with E-state index in [0.29, 0.717) is 18.8 Å². The maximum absolute atomic E-state index is 13.4. The molecule has 1 aliphatic rings. The second-order valence-corrected chi connectivity index (χ2v) is 10.2. The molecule has 0 radical (unpaired) electrons. The Kier molecular flexibility index (Phi) is 8.07. The number of hydrazine groups is 1. The van der Waals surface area contributed by atoms with E-state index in [0.717, 1.165) is 46.3 Å². The number of fused-ring (bicyclic) bond motifs is 1. The summed E-state index contributed by atoms with van der Waals surface area (Å²) in [7, 11) is 3.14. The Hall–Kier alpha value is -3.84. The van der Waals surface area contributed by atoms with E-state index in [-0.39, 0.29) is 24.2 Å². The molecule has 1 aliphatic heterocycles. The number of carbonyl (C=O) groups excluding carboxylic acids is 2. The van der Waals surface area contributed by atoms with Gasteiger partial charge in [-0.2, -0.15) is 0 Å². The minimum Gasteiger partial charge on any atom is -0.469 e. The summed E-state index contributed by atoms with van der Waals surface area (Å²) < 4.78 is 5.04. The molecule has 0 aliphatic carbocycles. The summed E-state index contributed by atoms with van der Waals surface area (Å²) >= 11 is 0. The van der Waals surface area contributed by atoms with Gasteiger partial charge in [-0.1, -0.05) is 37.3 Å². The molecule has 38 heavy (non-hydrogen) atoms. The Bertz CT molecular complexity index is 1370. The Labute approximate surface area is 225 Å². The lowest BCUT2D eigenvalue weighted by atomic mass is 9.83. The normalized spacial score (nSPS) is 13.6. The van der Waals surface area contributed by atoms with Crippen LogP contribution in [0.4, 0.5) is 11.4 Å². The maximum atomic E-state index is 13.4. The van der Waals surface area contributed by atoms with Gasteiger partial charge in [-0.05, 0) is 83.8 Å². The van der Waals surface area contributed by atoms with Gasteiger partial charge in [-0.15, -0.1) is 0 Å². The third kappa shape index (κ3) is 5.38. The van der Waals surface area contributed by atoms with Gasteiger partial charge in [0, 0.05) is 31.6 Å². The fourth-order valence-corrected chi connectivity index (χ4v) is 5.41. The molecule has 0 spiro atoms. The standard InChI is InChI=1S/C31H38N4O3/c1-6-21-15-24(8-7-19(21)2)31(37)35-14-13-22-9-10-23(16-25(22)18-35)27(17-29(36)38-5)26-11-12-28(34(4)33)30(32)20(26)3/h7-12,15-16,27H,6,13-14,17-18,32-33H2,1-5H3. The van der Waals surface area contributed by atoms with Gasteiger partial charge in [0.05, 0.1) is 24.9 Å². The average Bonchev–Trinajstić information content (AvgIpc) is 2.92. The number of esters is 1. The van der Waals surface area contributed by atoms with E-state index in [9.17, 15) is 9.59 Å². The Morgan fingerprint density at radius 3 is 2.53 bits per heavy atom. The highest BCUT2D eigenvalue weighted by Crippen LogP contribution is 2.37. The number of rotatable bonds is 7. The number of carbonyl (C=O) groups is 2. The summed E-state index contributed by atoms with van der Waals surface area (Å²) in [6.45, 7) is 7.34. The lowest BCUT2D eigenvalue weighted by molar-refractivity contribution is -0.140. The average molecular weight is 515 g/mol. The highest BCUT2D eigenvalue weighted by Gasteiger charge is 2.26. The first kappa shape index (κ1) is 27.2. The molecule has 200 valence electrons. The fraction of sp³-hybridized carbons (Fsp3) is 0.355. The Morgan fingerprint density at radius 2 is 1.84 bits per heavy atom. The predicted octanol–water partition coefficient (Wildman–Crippen LogP) is 4.65. The van der Waals surface area contributed by atoms with Gasteiger partial charge in [0.15, 0.2) is 0 Å². The zero-order valence-electron chi connectivity index (χ0n) is 23.0. The summed E-state index contributed by atoms with van der Waals surface area (Å²) in [6, 6.07) is 16.2. The van der Waals surface area contributed by atoms with Crippen molar-refractivity contribution in [2.75, 3.05) is 31.4 Å². The molecule has 1 amide bonds. The molecule has 3 aromatic rings. The molecule has 0 saturated heterocycles. The third-order valence-corrected chi connectivity index (χ3v) is 7.80. The van der Waals surface area contributed by atoms with Gasteiger partial charge >= 0.3 is 5.97 Å². The molecule has 3 aromatic carbocycles. The van der Waals surface area contributed by atoms with Crippen molar-refractivity contribution in [2.24, 2.45) is 5.84 Å². The second-order valence-electron chi connectivity index (χ2n) is 10.2. The Balaban J connectivity index is 1.68. The SMILES string of the molecule is CCc1cc(C(=O)N2CCc3ccc(C(CC(=O)OC)c4ccc(N(C)N)c(N)c4C)cc3C2)ccc1C. The number of amides is 1. The molecule has 1 unspecified atom stereocenters. The van der Waals surface area contributed by atoms with Crippen molar-refractivity contribution in [3.8, 4) is 0 Å². The minimum atomic E-state index is -0.298. The zero-order valence-corrected chi connectivity index (χ0v) is 23.0. The molecular formula is C31H38N4O3. The molecule has 4 N–H and O–H groups in total. The molecule has 7 nitrogen and oxygen atoms in total. The van der Waals surface area contributed by atoms with Gasteiger partial charge in [-0.3, -0.25) is 9.59 Å². The summed E-state index contributed by atoms with van der Waals surface area (Å²) in [5.41, 5.74) is 16.0. The number of nitrogens with zero attached hydrogens (tertiary/aromatic N) is 2. The van der Waals surface area contributed by atoms with Gasteiger partial charge in [-0.25, -0.2) is 5.84 Å². The van der Waals surface area contributed by atoms with Crippen LogP contribution in [0.5, 0.6) is 0 Å². The molecule has 4 rings (SSSR count). The number of hydrogen-bond donors (Lipinski definition) is 2. The number of nitrogens with two attached hydrogens (primary N) is 2. The van der Waals surface area contributed by atoms with Gasteiger partial charge in [0.2, 0.25) is 0 Å². The molecule has 0 fully saturated rings. The quantitative estimate of drug-likeness (QED) is 0.206. The lowest BCUT2D eigenvalue weighted by Crippen LogP contribution is -2.36. The van der Waals surface area contributed by atoms with Crippen LogP contribution in [-0.2, 0) is 28.9 Å². The third-order valence-electron chi connectivity index (χ3n) is 7.80. The molecule has 0 saturated carbocycles. The van der Waals surface area contributed by atoms with Crippen LogP contribution >= 0.6 is 0 Å². The van der Waals surface area contributed by atoms with E-state index in [1.54, 1.807) is 7.05 Å². The van der Waals surface area contributed by atoms with Crippen molar-refractivity contribution in [2.45, 2.75) is 52.5 Å². The summed E-state index contributed by atoms with van der Waals surface area (Å²) in [5.74, 6) is 5.45. The molecule has 0 aromatic heterocycles. The predicted molar refractivity (Wildman–Crippen MR) is 152 cm³/mol. The molecule has 1 heterocycles. The molecule has 1 atom stereocenters. The van der Waals surface area contributed by atoms with Crippen molar-refractivity contribution in [1.82, 2.24) is 4.90 Å². The molecular weight excluding hydrogens is 476 g/mol. The number of anilines is 2. The molecule has 7 heteroatoms. The van der Waals surface area contributed by atoms with Crippen molar-refractivity contribution >= 4 is 23.3 Å². The highest BCUT2D eigenvalue weighted by atomic mass is 16.5. The van der Waals surface area contributed by atoms with Crippen molar-refractivity contribution in [3.05, 3.63) is 93.0 Å². The monoisotopic (exact) mass is 514 g/mol. The van der Waals surface area contributed by atoms with Crippen LogP contribution in [0.3, 0.4) is 0 Å².